The van der Waals surface area contributed by atoms with Crippen LogP contribution in [0.3, 0.4) is 0 Å². The third kappa shape index (κ3) is 4.38. The number of H-pyrrole nitrogens is 1. The molecule has 2 amide bonds. The van der Waals surface area contributed by atoms with E-state index in [-0.39, 0.29) is 31.0 Å². The molecule has 0 saturated carbocycles. The number of hydrogen-bond acceptors (Lipinski definition) is 3. The van der Waals surface area contributed by atoms with E-state index in [1.165, 1.54) is 0 Å². The average molecular weight is 399 g/mol. The van der Waals surface area contributed by atoms with E-state index in [1.54, 1.807) is 12.3 Å². The van der Waals surface area contributed by atoms with Crippen molar-refractivity contribution >= 4 is 39.3 Å². The molecule has 0 fully saturated rings. The Kier molecular flexibility index (Phi) is 5.57. The number of benzene rings is 3. The summed E-state index contributed by atoms with van der Waals surface area (Å²) < 4.78 is 0. The summed E-state index contributed by atoms with van der Waals surface area (Å²) in [7, 11) is 0. The molecule has 0 aliphatic rings. The third-order valence-corrected chi connectivity index (χ3v) is 5.02. The van der Waals surface area contributed by atoms with Gasteiger partial charge in [-0.25, -0.2) is 0 Å². The first kappa shape index (κ1) is 19.4. The van der Waals surface area contributed by atoms with Crippen molar-refractivity contribution in [2.45, 2.75) is 19.3 Å². The number of aromatic nitrogens is 1. The minimum Gasteiger partial charge on any atom is -0.361 e. The van der Waals surface area contributed by atoms with Crippen LogP contribution in [0.15, 0.2) is 72.9 Å². The topological polar surface area (TPSA) is 91.1 Å². The van der Waals surface area contributed by atoms with Crippen LogP contribution in [0.1, 0.15) is 28.8 Å². The number of aromatic amines is 1. The fraction of sp³-hybridized carbons (Fsp3) is 0.125. The standard InChI is InChI=1S/C24H21N3O3/c28-22(18-10-9-16-5-1-2-6-17(16)13-18)11-12-23(29)26-27-24(30)14-19-15-25-21-8-4-3-7-20(19)21/h1-10,13,15,25H,11-12,14H2,(H,26,29)(H,27,30). The molecule has 3 N–H and O–H groups in total. The molecular formula is C24H21N3O3. The lowest BCUT2D eigenvalue weighted by molar-refractivity contribution is -0.128. The van der Waals surface area contributed by atoms with E-state index in [0.717, 1.165) is 27.2 Å². The van der Waals surface area contributed by atoms with Gasteiger partial charge in [0.2, 0.25) is 11.8 Å². The second-order valence-corrected chi connectivity index (χ2v) is 7.12. The highest BCUT2D eigenvalue weighted by Gasteiger charge is 2.12. The van der Waals surface area contributed by atoms with Crippen LogP contribution in [0.4, 0.5) is 0 Å². The van der Waals surface area contributed by atoms with Crippen molar-refractivity contribution in [1.82, 2.24) is 15.8 Å². The van der Waals surface area contributed by atoms with Gasteiger partial charge in [0.1, 0.15) is 0 Å². The highest BCUT2D eigenvalue weighted by Crippen LogP contribution is 2.18. The lowest BCUT2D eigenvalue weighted by atomic mass is 10.0. The third-order valence-electron chi connectivity index (χ3n) is 5.02. The monoisotopic (exact) mass is 399 g/mol. The molecule has 1 heterocycles. The number of hydrogen-bond donors (Lipinski definition) is 3. The van der Waals surface area contributed by atoms with E-state index in [4.69, 9.17) is 0 Å². The van der Waals surface area contributed by atoms with E-state index in [2.05, 4.69) is 15.8 Å². The number of Topliss-reactive ketones (excluding diaryl/α,β-unsaturated/α-hetero) is 1. The zero-order chi connectivity index (χ0) is 20.9. The van der Waals surface area contributed by atoms with E-state index < -0.39 is 5.91 Å². The SMILES string of the molecule is O=C(CCC(=O)c1ccc2ccccc2c1)NNC(=O)Cc1c[nH]c2ccccc12. The summed E-state index contributed by atoms with van der Waals surface area (Å²) >= 11 is 0. The van der Waals surface area contributed by atoms with E-state index in [9.17, 15) is 14.4 Å². The Morgan fingerprint density at radius 3 is 2.37 bits per heavy atom. The number of para-hydroxylation sites is 1. The summed E-state index contributed by atoms with van der Waals surface area (Å²) in [6.07, 6.45) is 2.00. The lowest BCUT2D eigenvalue weighted by Crippen LogP contribution is -2.42. The second kappa shape index (κ2) is 8.61. The summed E-state index contributed by atoms with van der Waals surface area (Å²) in [5, 5.41) is 3.02. The van der Waals surface area contributed by atoms with E-state index in [1.807, 2.05) is 60.7 Å². The van der Waals surface area contributed by atoms with Gasteiger partial charge in [0.15, 0.2) is 5.78 Å². The number of carbonyl (C=O) groups is 3. The molecule has 0 aliphatic carbocycles. The summed E-state index contributed by atoms with van der Waals surface area (Å²) in [4.78, 5) is 39.7. The first-order valence-corrected chi connectivity index (χ1v) is 9.75. The Bertz CT molecular complexity index is 1240. The van der Waals surface area contributed by atoms with Gasteiger partial charge in [0.25, 0.3) is 0 Å². The van der Waals surface area contributed by atoms with Crippen LogP contribution < -0.4 is 10.9 Å². The fourth-order valence-corrected chi connectivity index (χ4v) is 3.43. The summed E-state index contributed by atoms with van der Waals surface area (Å²) in [5.74, 6) is -0.841. The van der Waals surface area contributed by atoms with Crippen LogP contribution in [-0.4, -0.2) is 22.6 Å². The van der Waals surface area contributed by atoms with Crippen molar-refractivity contribution in [3.05, 3.63) is 84.1 Å². The van der Waals surface area contributed by atoms with Crippen LogP contribution in [-0.2, 0) is 16.0 Å². The van der Waals surface area contributed by atoms with Crippen LogP contribution in [0.2, 0.25) is 0 Å². The molecule has 0 spiro atoms. The van der Waals surface area contributed by atoms with Crippen molar-refractivity contribution in [2.75, 3.05) is 0 Å². The zero-order valence-corrected chi connectivity index (χ0v) is 16.3. The molecule has 0 bridgehead atoms. The van der Waals surface area contributed by atoms with Gasteiger partial charge in [-0.2, -0.15) is 0 Å². The molecule has 0 atom stereocenters. The number of nitrogens with one attached hydrogen (secondary N) is 3. The number of fused-ring (bicyclic) bond motifs is 2. The molecule has 4 aromatic rings. The maximum atomic E-state index is 12.4. The number of carbonyl (C=O) groups excluding carboxylic acids is 3. The van der Waals surface area contributed by atoms with Crippen molar-refractivity contribution in [3.8, 4) is 0 Å². The lowest BCUT2D eigenvalue weighted by Gasteiger charge is -2.07. The van der Waals surface area contributed by atoms with Gasteiger partial charge in [-0.15, -0.1) is 0 Å². The molecule has 0 aliphatic heterocycles. The number of hydrazine groups is 1. The zero-order valence-electron chi connectivity index (χ0n) is 16.3. The van der Waals surface area contributed by atoms with Crippen molar-refractivity contribution in [1.29, 1.82) is 0 Å². The van der Waals surface area contributed by atoms with Gasteiger partial charge in [-0.1, -0.05) is 54.6 Å². The molecule has 0 unspecified atom stereocenters. The number of amides is 2. The molecule has 150 valence electrons. The quantitative estimate of drug-likeness (QED) is 0.341. The predicted molar refractivity (Wildman–Crippen MR) is 116 cm³/mol. The smallest absolute Gasteiger partial charge is 0.242 e. The van der Waals surface area contributed by atoms with Gasteiger partial charge < -0.3 is 4.98 Å². The molecule has 0 saturated heterocycles. The Morgan fingerprint density at radius 2 is 1.50 bits per heavy atom. The largest absolute Gasteiger partial charge is 0.361 e. The van der Waals surface area contributed by atoms with Gasteiger partial charge in [0.05, 0.1) is 6.42 Å². The minimum absolute atomic E-state index is 0.000967. The van der Waals surface area contributed by atoms with E-state index >= 15 is 0 Å². The highest BCUT2D eigenvalue weighted by molar-refractivity contribution is 6.01. The van der Waals surface area contributed by atoms with Crippen molar-refractivity contribution in [2.24, 2.45) is 0 Å². The van der Waals surface area contributed by atoms with Gasteiger partial charge in [-0.05, 0) is 28.5 Å². The van der Waals surface area contributed by atoms with Gasteiger partial charge in [-0.3, -0.25) is 25.2 Å². The molecule has 30 heavy (non-hydrogen) atoms. The van der Waals surface area contributed by atoms with Crippen LogP contribution >= 0.6 is 0 Å². The molecule has 3 aromatic carbocycles. The highest BCUT2D eigenvalue weighted by atomic mass is 16.2. The van der Waals surface area contributed by atoms with Crippen LogP contribution in [0.5, 0.6) is 0 Å². The Balaban J connectivity index is 1.26. The molecule has 0 radical (unpaired) electrons. The van der Waals surface area contributed by atoms with Crippen molar-refractivity contribution in [3.63, 3.8) is 0 Å². The molecule has 1 aromatic heterocycles. The van der Waals surface area contributed by atoms with Gasteiger partial charge in [0, 0.05) is 35.5 Å². The Morgan fingerprint density at radius 1 is 0.767 bits per heavy atom. The molecule has 6 nitrogen and oxygen atoms in total. The maximum absolute atomic E-state index is 12.4. The Hall–Kier alpha value is -3.93. The first-order chi connectivity index (χ1) is 14.6. The van der Waals surface area contributed by atoms with Crippen LogP contribution in [0, 0.1) is 0 Å². The number of rotatable bonds is 6. The Labute approximate surface area is 173 Å². The van der Waals surface area contributed by atoms with E-state index in [0.29, 0.717) is 5.56 Å². The summed E-state index contributed by atoms with van der Waals surface area (Å²) in [5.41, 5.74) is 7.17. The molecule has 6 heteroatoms. The maximum Gasteiger partial charge on any atom is 0.242 e. The molecule has 4 rings (SSSR count). The normalized spacial score (nSPS) is 10.8. The number of ketones is 1. The molecular weight excluding hydrogens is 378 g/mol. The fourth-order valence-electron chi connectivity index (χ4n) is 3.43. The second-order valence-electron chi connectivity index (χ2n) is 7.12. The van der Waals surface area contributed by atoms with Crippen molar-refractivity contribution < 1.29 is 14.4 Å². The van der Waals surface area contributed by atoms with Crippen LogP contribution in [0.25, 0.3) is 21.7 Å². The van der Waals surface area contributed by atoms with Gasteiger partial charge >= 0.3 is 0 Å². The average Bonchev–Trinajstić information content (AvgIpc) is 3.18. The summed E-state index contributed by atoms with van der Waals surface area (Å²) in [6, 6.07) is 21.0. The predicted octanol–water partition coefficient (Wildman–Crippen LogP) is 3.67. The summed E-state index contributed by atoms with van der Waals surface area (Å²) in [6.45, 7) is 0. The minimum atomic E-state index is -0.406. The first-order valence-electron chi connectivity index (χ1n) is 9.75.